The largest absolute Gasteiger partial charge is 0.452 e. The van der Waals surface area contributed by atoms with Crippen LogP contribution in [-0.4, -0.2) is 43.4 Å². The van der Waals surface area contributed by atoms with Crippen molar-refractivity contribution < 1.29 is 19.1 Å². The van der Waals surface area contributed by atoms with Crippen molar-refractivity contribution in [2.45, 2.75) is 0 Å². The summed E-state index contributed by atoms with van der Waals surface area (Å²) in [4.78, 5) is 37.3. The average molecular weight is 361 g/mol. The number of hydrogen-bond donors (Lipinski definition) is 1. The van der Waals surface area contributed by atoms with Crippen molar-refractivity contribution in [3.8, 4) is 0 Å². The van der Waals surface area contributed by atoms with Crippen LogP contribution in [0.5, 0.6) is 0 Å². The number of anilines is 1. The van der Waals surface area contributed by atoms with Crippen molar-refractivity contribution in [2.24, 2.45) is 0 Å². The molecular formula is C18H17ClN2O4. The number of benzene rings is 2. The fourth-order valence-corrected chi connectivity index (χ4v) is 2.03. The van der Waals surface area contributed by atoms with Crippen molar-refractivity contribution in [3.05, 3.63) is 64.7 Å². The van der Waals surface area contributed by atoms with Crippen molar-refractivity contribution in [2.75, 3.05) is 26.0 Å². The van der Waals surface area contributed by atoms with Crippen LogP contribution < -0.4 is 5.32 Å². The number of nitrogens with one attached hydrogen (secondary N) is 1. The van der Waals surface area contributed by atoms with Gasteiger partial charge < -0.3 is 15.0 Å². The van der Waals surface area contributed by atoms with Gasteiger partial charge in [-0.1, -0.05) is 23.7 Å². The average Bonchev–Trinajstić information content (AvgIpc) is 2.60. The molecule has 0 aliphatic carbocycles. The van der Waals surface area contributed by atoms with Gasteiger partial charge in [-0.15, -0.1) is 0 Å². The first-order valence-electron chi connectivity index (χ1n) is 7.41. The summed E-state index contributed by atoms with van der Waals surface area (Å²) in [5, 5.41) is 3.18. The van der Waals surface area contributed by atoms with Crippen LogP contribution in [0, 0.1) is 0 Å². The standard InChI is InChI=1S/C18H17ClN2O4/c1-21(2)16(22)11-25-18(24)14-5-3-4-6-15(14)20-17(23)12-7-9-13(19)10-8-12/h3-10H,11H2,1-2H3,(H,20,23). The Morgan fingerprint density at radius 3 is 2.32 bits per heavy atom. The van der Waals surface area contributed by atoms with E-state index >= 15 is 0 Å². The van der Waals surface area contributed by atoms with Gasteiger partial charge in [0.1, 0.15) is 0 Å². The second-order valence-electron chi connectivity index (χ2n) is 5.37. The number of hydrogen-bond acceptors (Lipinski definition) is 4. The Morgan fingerprint density at radius 2 is 1.68 bits per heavy atom. The van der Waals surface area contributed by atoms with Crippen LogP contribution in [0.3, 0.4) is 0 Å². The molecule has 0 unspecified atom stereocenters. The van der Waals surface area contributed by atoms with E-state index < -0.39 is 5.97 Å². The van der Waals surface area contributed by atoms with Crippen molar-refractivity contribution in [1.82, 2.24) is 4.90 Å². The molecule has 0 aromatic heterocycles. The summed E-state index contributed by atoms with van der Waals surface area (Å²) in [6.45, 7) is -0.370. The number of amides is 2. The first-order valence-corrected chi connectivity index (χ1v) is 7.79. The van der Waals surface area contributed by atoms with Crippen LogP contribution >= 0.6 is 11.6 Å². The molecule has 2 amide bonds. The molecule has 2 aromatic rings. The quantitative estimate of drug-likeness (QED) is 0.832. The van der Waals surface area contributed by atoms with Gasteiger partial charge in [-0.25, -0.2) is 4.79 Å². The molecule has 0 aliphatic rings. The molecule has 0 saturated carbocycles. The summed E-state index contributed by atoms with van der Waals surface area (Å²) in [5.41, 5.74) is 0.858. The minimum absolute atomic E-state index is 0.163. The lowest BCUT2D eigenvalue weighted by Crippen LogP contribution is -2.27. The van der Waals surface area contributed by atoms with Gasteiger partial charge in [0.25, 0.3) is 11.8 Å². The molecule has 7 heteroatoms. The third-order valence-corrected chi connectivity index (χ3v) is 3.58. The van der Waals surface area contributed by atoms with Crippen molar-refractivity contribution >= 4 is 35.1 Å². The molecule has 0 bridgehead atoms. The molecule has 6 nitrogen and oxygen atoms in total. The normalized spacial score (nSPS) is 10.0. The molecule has 0 aliphatic heterocycles. The molecule has 1 N–H and O–H groups in total. The zero-order chi connectivity index (χ0) is 18.4. The lowest BCUT2D eigenvalue weighted by Gasteiger charge is -2.13. The van der Waals surface area contributed by atoms with Gasteiger partial charge in [0.15, 0.2) is 6.61 Å². The third-order valence-electron chi connectivity index (χ3n) is 3.33. The summed E-state index contributed by atoms with van der Waals surface area (Å²) in [7, 11) is 3.13. The van der Waals surface area contributed by atoms with E-state index in [-0.39, 0.29) is 24.0 Å². The van der Waals surface area contributed by atoms with Gasteiger partial charge in [-0.05, 0) is 36.4 Å². The van der Waals surface area contributed by atoms with E-state index in [2.05, 4.69) is 5.32 Å². The fraction of sp³-hybridized carbons (Fsp3) is 0.167. The number of esters is 1. The Morgan fingerprint density at radius 1 is 1.04 bits per heavy atom. The third kappa shape index (κ3) is 5.06. The topological polar surface area (TPSA) is 75.7 Å². The zero-order valence-corrected chi connectivity index (χ0v) is 14.5. The molecule has 0 radical (unpaired) electrons. The minimum Gasteiger partial charge on any atom is -0.452 e. The van der Waals surface area contributed by atoms with Crippen molar-refractivity contribution in [3.63, 3.8) is 0 Å². The lowest BCUT2D eigenvalue weighted by molar-refractivity contribution is -0.131. The molecule has 0 atom stereocenters. The lowest BCUT2D eigenvalue weighted by atomic mass is 10.1. The fourth-order valence-electron chi connectivity index (χ4n) is 1.90. The summed E-state index contributed by atoms with van der Waals surface area (Å²) in [5.74, 6) is -1.42. The monoisotopic (exact) mass is 360 g/mol. The van der Waals surface area contributed by atoms with Crippen LogP contribution in [0.4, 0.5) is 5.69 Å². The van der Waals surface area contributed by atoms with E-state index in [0.29, 0.717) is 16.3 Å². The van der Waals surface area contributed by atoms with Gasteiger partial charge in [-0.2, -0.15) is 0 Å². The number of rotatable bonds is 5. The van der Waals surface area contributed by atoms with E-state index in [1.165, 1.54) is 11.0 Å². The predicted molar refractivity (Wildman–Crippen MR) is 94.8 cm³/mol. The molecular weight excluding hydrogens is 344 g/mol. The van der Waals surface area contributed by atoms with Crippen LogP contribution in [0.15, 0.2) is 48.5 Å². The Hall–Kier alpha value is -2.86. The van der Waals surface area contributed by atoms with Crippen molar-refractivity contribution in [1.29, 1.82) is 0 Å². The zero-order valence-electron chi connectivity index (χ0n) is 13.8. The van der Waals surface area contributed by atoms with E-state index in [9.17, 15) is 14.4 Å². The molecule has 2 aromatic carbocycles. The van der Waals surface area contributed by atoms with Crippen LogP contribution in [0.25, 0.3) is 0 Å². The highest BCUT2D eigenvalue weighted by Crippen LogP contribution is 2.18. The number of likely N-dealkylation sites (N-methyl/N-ethyl adjacent to an activating group) is 1. The highest BCUT2D eigenvalue weighted by Gasteiger charge is 2.17. The van der Waals surface area contributed by atoms with Gasteiger partial charge in [0.05, 0.1) is 11.3 Å². The number of carbonyl (C=O) groups is 3. The number of halogens is 1. The predicted octanol–water partition coefficient (Wildman–Crippen LogP) is 2.84. The van der Waals surface area contributed by atoms with Crippen LogP contribution in [-0.2, 0) is 9.53 Å². The molecule has 130 valence electrons. The SMILES string of the molecule is CN(C)C(=O)COC(=O)c1ccccc1NC(=O)c1ccc(Cl)cc1. The van der Waals surface area contributed by atoms with E-state index in [1.54, 1.807) is 56.6 Å². The second-order valence-corrected chi connectivity index (χ2v) is 5.81. The first kappa shape index (κ1) is 18.5. The summed E-state index contributed by atoms with van der Waals surface area (Å²) >= 11 is 5.80. The highest BCUT2D eigenvalue weighted by atomic mass is 35.5. The maximum atomic E-state index is 12.3. The molecule has 25 heavy (non-hydrogen) atoms. The summed E-state index contributed by atoms with van der Waals surface area (Å²) in [6.07, 6.45) is 0. The van der Waals surface area contributed by atoms with Gasteiger partial charge in [0.2, 0.25) is 0 Å². The Kier molecular flexibility index (Phi) is 6.14. The second kappa shape index (κ2) is 8.30. The number of nitrogens with zero attached hydrogens (tertiary/aromatic N) is 1. The van der Waals surface area contributed by atoms with Gasteiger partial charge >= 0.3 is 5.97 Å². The Labute approximate surface area is 150 Å². The Balaban J connectivity index is 2.12. The van der Waals surface area contributed by atoms with Gasteiger partial charge in [0, 0.05) is 24.7 Å². The van der Waals surface area contributed by atoms with E-state index in [1.807, 2.05) is 0 Å². The van der Waals surface area contributed by atoms with E-state index in [0.717, 1.165) is 0 Å². The summed E-state index contributed by atoms with van der Waals surface area (Å²) < 4.78 is 5.00. The Bertz CT molecular complexity index is 788. The first-order chi connectivity index (χ1) is 11.9. The molecule has 0 spiro atoms. The van der Waals surface area contributed by atoms with Crippen LogP contribution in [0.1, 0.15) is 20.7 Å². The molecule has 0 fully saturated rings. The summed E-state index contributed by atoms with van der Waals surface area (Å²) in [6, 6.07) is 12.8. The van der Waals surface area contributed by atoms with Crippen LogP contribution in [0.2, 0.25) is 5.02 Å². The van der Waals surface area contributed by atoms with E-state index in [4.69, 9.17) is 16.3 Å². The maximum absolute atomic E-state index is 12.3. The maximum Gasteiger partial charge on any atom is 0.340 e. The molecule has 0 saturated heterocycles. The smallest absolute Gasteiger partial charge is 0.340 e. The number of carbonyl (C=O) groups excluding carboxylic acids is 3. The highest BCUT2D eigenvalue weighted by molar-refractivity contribution is 6.30. The molecule has 0 heterocycles. The molecule has 2 rings (SSSR count). The van der Waals surface area contributed by atoms with Gasteiger partial charge in [-0.3, -0.25) is 9.59 Å². The number of para-hydroxylation sites is 1. The minimum atomic E-state index is -0.692. The number of ether oxygens (including phenoxy) is 1.